The molecule has 1 rings (SSSR count). The third-order valence-corrected chi connectivity index (χ3v) is 3.71. The molecule has 0 saturated heterocycles. The van der Waals surface area contributed by atoms with E-state index in [4.69, 9.17) is 5.11 Å². The van der Waals surface area contributed by atoms with E-state index in [0.717, 1.165) is 10.6 Å². The predicted octanol–water partition coefficient (Wildman–Crippen LogP) is 3.22. The van der Waals surface area contributed by atoms with E-state index in [2.05, 4.69) is 10.3 Å². The predicted molar refractivity (Wildman–Crippen MR) is 66.5 cm³/mol. The first-order valence-corrected chi connectivity index (χ1v) is 6.48. The molecule has 0 aromatic carbocycles. The van der Waals surface area contributed by atoms with Gasteiger partial charge in [-0.05, 0) is 20.3 Å². The van der Waals surface area contributed by atoms with Crippen LogP contribution in [-0.2, 0) is 4.79 Å². The van der Waals surface area contributed by atoms with Gasteiger partial charge in [-0.15, -0.1) is 11.3 Å². The van der Waals surface area contributed by atoms with Gasteiger partial charge in [0.2, 0.25) is 0 Å². The molecule has 0 aliphatic carbocycles. The number of aliphatic carboxylic acids is 1. The van der Waals surface area contributed by atoms with E-state index in [1.165, 1.54) is 11.3 Å². The Labute approximate surface area is 112 Å². The van der Waals surface area contributed by atoms with Crippen LogP contribution < -0.4 is 5.32 Å². The van der Waals surface area contributed by atoms with Crippen LogP contribution in [0.25, 0.3) is 0 Å². The van der Waals surface area contributed by atoms with Crippen LogP contribution in [0.15, 0.2) is 0 Å². The van der Waals surface area contributed by atoms with E-state index in [9.17, 15) is 18.0 Å². The zero-order valence-corrected chi connectivity index (χ0v) is 11.4. The molecule has 108 valence electrons. The molecule has 1 unspecified atom stereocenters. The van der Waals surface area contributed by atoms with Crippen LogP contribution in [0.5, 0.6) is 0 Å². The molecule has 1 aromatic rings. The molecule has 19 heavy (non-hydrogen) atoms. The van der Waals surface area contributed by atoms with Crippen LogP contribution in [-0.4, -0.2) is 28.8 Å². The highest BCUT2D eigenvalue weighted by molar-refractivity contribution is 7.15. The maximum Gasteiger partial charge on any atom is 0.392 e. The third kappa shape index (κ3) is 5.06. The molecule has 4 nitrogen and oxygen atoms in total. The number of aromatic nitrogens is 1. The average Bonchev–Trinajstić information content (AvgIpc) is 2.55. The Kier molecular flexibility index (Phi) is 5.16. The lowest BCUT2D eigenvalue weighted by Gasteiger charge is -2.18. The average molecular weight is 296 g/mol. The zero-order chi connectivity index (χ0) is 14.6. The summed E-state index contributed by atoms with van der Waals surface area (Å²) in [6.45, 7) is 3.74. The third-order valence-electron chi connectivity index (χ3n) is 2.68. The molecule has 0 aliphatic rings. The van der Waals surface area contributed by atoms with Gasteiger partial charge in [0, 0.05) is 11.4 Å². The first-order valence-electron chi connectivity index (χ1n) is 5.66. The molecule has 0 spiro atoms. The molecular weight excluding hydrogens is 281 g/mol. The van der Waals surface area contributed by atoms with Crippen molar-refractivity contribution in [2.24, 2.45) is 5.92 Å². The van der Waals surface area contributed by atoms with E-state index in [1.54, 1.807) is 0 Å². The molecule has 0 aliphatic heterocycles. The number of rotatable bonds is 6. The highest BCUT2D eigenvalue weighted by Crippen LogP contribution is 2.31. The summed E-state index contributed by atoms with van der Waals surface area (Å²) in [5.41, 5.74) is 0.838. The minimum absolute atomic E-state index is 0.0455. The minimum atomic E-state index is -4.49. The Bertz CT molecular complexity index is 426. The number of anilines is 1. The number of alkyl halides is 3. The largest absolute Gasteiger partial charge is 0.481 e. The fraction of sp³-hybridized carbons (Fsp3) is 0.636. The van der Waals surface area contributed by atoms with Crippen molar-refractivity contribution in [1.82, 2.24) is 4.98 Å². The lowest BCUT2D eigenvalue weighted by Crippen LogP contribution is -2.27. The van der Waals surface area contributed by atoms with Crippen molar-refractivity contribution in [3.63, 3.8) is 0 Å². The van der Waals surface area contributed by atoms with Gasteiger partial charge in [-0.2, -0.15) is 13.2 Å². The van der Waals surface area contributed by atoms with Crippen molar-refractivity contribution in [1.29, 1.82) is 0 Å². The second-order valence-corrected chi connectivity index (χ2v) is 5.42. The van der Waals surface area contributed by atoms with E-state index in [-0.39, 0.29) is 13.0 Å². The number of hydrogen-bond acceptors (Lipinski definition) is 4. The summed E-state index contributed by atoms with van der Waals surface area (Å²) in [4.78, 5) is 15.5. The van der Waals surface area contributed by atoms with Crippen LogP contribution in [0.1, 0.15) is 23.4 Å². The van der Waals surface area contributed by atoms with Crippen molar-refractivity contribution < 1.29 is 23.1 Å². The fourth-order valence-corrected chi connectivity index (χ4v) is 2.33. The van der Waals surface area contributed by atoms with Gasteiger partial charge in [-0.3, -0.25) is 4.79 Å². The van der Waals surface area contributed by atoms with Crippen LogP contribution in [0.3, 0.4) is 0 Å². The summed E-state index contributed by atoms with van der Waals surface area (Å²) in [6, 6.07) is 0. The summed E-state index contributed by atoms with van der Waals surface area (Å²) < 4.78 is 37.7. The molecule has 8 heteroatoms. The first kappa shape index (κ1) is 15.7. The van der Waals surface area contributed by atoms with Gasteiger partial charge in [0.25, 0.3) is 0 Å². The highest BCUT2D eigenvalue weighted by Gasteiger charge is 2.40. The molecule has 1 aromatic heterocycles. The Morgan fingerprint density at radius 3 is 2.53 bits per heavy atom. The first-order chi connectivity index (χ1) is 8.70. The number of carboxylic acids is 1. The maximum atomic E-state index is 12.6. The Balaban J connectivity index is 2.50. The van der Waals surface area contributed by atoms with Gasteiger partial charge in [-0.1, -0.05) is 0 Å². The zero-order valence-electron chi connectivity index (χ0n) is 10.5. The standard InChI is InChI=1S/C11H15F3N2O2S/c1-6-7(2)19-10(16-6)15-4-3-8(5-9(17)18)11(12,13)14/h8H,3-5H2,1-2H3,(H,15,16)(H,17,18). The fourth-order valence-electron chi connectivity index (χ4n) is 1.49. The van der Waals surface area contributed by atoms with Gasteiger partial charge in [0.05, 0.1) is 18.0 Å². The van der Waals surface area contributed by atoms with Gasteiger partial charge in [0.15, 0.2) is 5.13 Å². The van der Waals surface area contributed by atoms with Crippen LogP contribution in [0.4, 0.5) is 18.3 Å². The summed E-state index contributed by atoms with van der Waals surface area (Å²) >= 11 is 1.37. The van der Waals surface area contributed by atoms with Crippen LogP contribution >= 0.6 is 11.3 Å². The number of halogens is 3. The molecule has 1 atom stereocenters. The van der Waals surface area contributed by atoms with Crippen LogP contribution in [0, 0.1) is 19.8 Å². The number of hydrogen-bond donors (Lipinski definition) is 2. The summed E-state index contributed by atoms with van der Waals surface area (Å²) in [7, 11) is 0. The summed E-state index contributed by atoms with van der Waals surface area (Å²) in [5, 5.41) is 11.8. The lowest BCUT2D eigenvalue weighted by atomic mass is 10.0. The van der Waals surface area contributed by atoms with Gasteiger partial charge < -0.3 is 10.4 Å². The molecule has 1 heterocycles. The van der Waals surface area contributed by atoms with Gasteiger partial charge in [0.1, 0.15) is 0 Å². The second-order valence-electron chi connectivity index (χ2n) is 4.21. The number of carboxylic acid groups (broad SMARTS) is 1. The Hall–Kier alpha value is -1.31. The van der Waals surface area contributed by atoms with E-state index >= 15 is 0 Å². The van der Waals surface area contributed by atoms with E-state index in [1.807, 2.05) is 13.8 Å². The molecule has 0 bridgehead atoms. The van der Waals surface area contributed by atoms with Crippen molar-refractivity contribution in [2.75, 3.05) is 11.9 Å². The SMILES string of the molecule is Cc1nc(NCCC(CC(=O)O)C(F)(F)F)sc1C. The van der Waals surface area contributed by atoms with E-state index in [0.29, 0.717) is 5.13 Å². The molecule has 0 fully saturated rings. The molecule has 2 N–H and O–H groups in total. The van der Waals surface area contributed by atoms with Crippen molar-refractivity contribution in [3.05, 3.63) is 10.6 Å². The van der Waals surface area contributed by atoms with Crippen molar-refractivity contribution in [3.8, 4) is 0 Å². The maximum absolute atomic E-state index is 12.6. The molecular formula is C11H15F3N2O2S. The van der Waals surface area contributed by atoms with Crippen molar-refractivity contribution >= 4 is 22.4 Å². The second kappa shape index (κ2) is 6.23. The normalized spacial score (nSPS) is 13.3. The lowest BCUT2D eigenvalue weighted by molar-refractivity contribution is -0.183. The number of nitrogens with zero attached hydrogens (tertiary/aromatic N) is 1. The number of thiazole rings is 1. The van der Waals surface area contributed by atoms with Gasteiger partial charge in [-0.25, -0.2) is 4.98 Å². The summed E-state index contributed by atoms with van der Waals surface area (Å²) in [5.74, 6) is -3.28. The van der Waals surface area contributed by atoms with E-state index < -0.39 is 24.5 Å². The van der Waals surface area contributed by atoms with Crippen LogP contribution in [0.2, 0.25) is 0 Å². The van der Waals surface area contributed by atoms with Crippen molar-refractivity contribution in [2.45, 2.75) is 32.9 Å². The number of carbonyl (C=O) groups is 1. The highest BCUT2D eigenvalue weighted by atomic mass is 32.1. The molecule has 0 saturated carbocycles. The number of nitrogens with one attached hydrogen (secondary N) is 1. The Morgan fingerprint density at radius 2 is 2.11 bits per heavy atom. The topological polar surface area (TPSA) is 62.2 Å². The quantitative estimate of drug-likeness (QED) is 0.846. The van der Waals surface area contributed by atoms with Gasteiger partial charge >= 0.3 is 12.1 Å². The molecule has 0 radical (unpaired) electrons. The minimum Gasteiger partial charge on any atom is -0.481 e. The molecule has 0 amide bonds. The summed E-state index contributed by atoms with van der Waals surface area (Å²) in [6.07, 6.45) is -5.68. The smallest absolute Gasteiger partial charge is 0.392 e. The Morgan fingerprint density at radius 1 is 1.47 bits per heavy atom. The number of aryl methyl sites for hydroxylation is 2. The monoisotopic (exact) mass is 296 g/mol.